The molecule has 0 aliphatic carbocycles. The van der Waals surface area contributed by atoms with E-state index >= 15 is 0 Å². The van der Waals surface area contributed by atoms with E-state index in [9.17, 15) is 9.59 Å². The third kappa shape index (κ3) is 2.79. The van der Waals surface area contributed by atoms with Gasteiger partial charge in [0.2, 0.25) is 5.72 Å². The van der Waals surface area contributed by atoms with Crippen LogP contribution in [0.15, 0.2) is 40.2 Å². The van der Waals surface area contributed by atoms with E-state index in [0.29, 0.717) is 15.1 Å². The SMILES string of the molecule is CCn1ncc(/C=c2/sc3n(c2=O)[C@H]2c4ccccc4O[C@@](C)(N=3)[C@H]2C(=O)OC)c1C. The molecule has 5 rings (SSSR count). The molecule has 0 saturated heterocycles. The number of aromatic nitrogens is 3. The van der Waals surface area contributed by atoms with Crippen LogP contribution < -0.4 is 19.6 Å². The van der Waals surface area contributed by atoms with E-state index in [-0.39, 0.29) is 5.56 Å². The third-order valence-corrected chi connectivity index (χ3v) is 7.05. The van der Waals surface area contributed by atoms with Gasteiger partial charge in [-0.25, -0.2) is 4.99 Å². The minimum atomic E-state index is -1.16. The van der Waals surface area contributed by atoms with Crippen molar-refractivity contribution in [2.75, 3.05) is 7.11 Å². The second-order valence-electron chi connectivity index (χ2n) is 7.82. The number of rotatable bonds is 3. The van der Waals surface area contributed by atoms with Crippen LogP contribution in [0.3, 0.4) is 0 Å². The van der Waals surface area contributed by atoms with Crippen LogP contribution in [-0.2, 0) is 16.1 Å². The van der Waals surface area contributed by atoms with E-state index in [0.717, 1.165) is 23.4 Å². The monoisotopic (exact) mass is 438 g/mol. The van der Waals surface area contributed by atoms with Gasteiger partial charge in [0.15, 0.2) is 4.80 Å². The fraction of sp³-hybridized carbons (Fsp3) is 0.364. The summed E-state index contributed by atoms with van der Waals surface area (Å²) in [7, 11) is 1.34. The number of thiazole rings is 1. The molecule has 31 heavy (non-hydrogen) atoms. The number of hydrogen-bond donors (Lipinski definition) is 0. The smallest absolute Gasteiger partial charge is 0.317 e. The van der Waals surface area contributed by atoms with Crippen molar-refractivity contribution < 1.29 is 14.3 Å². The van der Waals surface area contributed by atoms with Gasteiger partial charge in [0.1, 0.15) is 11.7 Å². The lowest BCUT2D eigenvalue weighted by Gasteiger charge is -2.44. The molecule has 0 unspecified atom stereocenters. The summed E-state index contributed by atoms with van der Waals surface area (Å²) in [5, 5.41) is 4.36. The first-order chi connectivity index (χ1) is 14.9. The van der Waals surface area contributed by atoms with Gasteiger partial charge in [0.05, 0.1) is 23.9 Å². The molecule has 2 aromatic heterocycles. The second-order valence-corrected chi connectivity index (χ2v) is 8.83. The summed E-state index contributed by atoms with van der Waals surface area (Å²) in [5.41, 5.74) is 1.29. The number of esters is 1. The zero-order valence-electron chi connectivity index (χ0n) is 17.7. The lowest BCUT2D eigenvalue weighted by Crippen LogP contribution is -2.58. The molecule has 9 heteroatoms. The highest BCUT2D eigenvalue weighted by molar-refractivity contribution is 7.07. The lowest BCUT2D eigenvalue weighted by atomic mass is 9.81. The zero-order chi connectivity index (χ0) is 21.9. The number of hydrogen-bond acceptors (Lipinski definition) is 7. The average molecular weight is 439 g/mol. The Hall–Kier alpha value is -3.20. The molecular weight excluding hydrogens is 416 g/mol. The molecule has 4 heterocycles. The van der Waals surface area contributed by atoms with Crippen molar-refractivity contribution in [3.05, 3.63) is 67.0 Å². The Labute approximate surface area is 182 Å². The number of benzene rings is 1. The molecule has 0 saturated carbocycles. The van der Waals surface area contributed by atoms with Crippen molar-refractivity contribution >= 4 is 23.4 Å². The van der Waals surface area contributed by atoms with Crippen molar-refractivity contribution in [3.63, 3.8) is 0 Å². The number of aryl methyl sites for hydroxylation is 1. The number of carbonyl (C=O) groups excluding carboxylic acids is 1. The van der Waals surface area contributed by atoms with Gasteiger partial charge in [0, 0.05) is 23.4 Å². The second kappa shape index (κ2) is 6.91. The van der Waals surface area contributed by atoms with Gasteiger partial charge in [-0.2, -0.15) is 5.10 Å². The quantitative estimate of drug-likeness (QED) is 0.577. The topological polar surface area (TPSA) is 87.7 Å². The van der Waals surface area contributed by atoms with Crippen molar-refractivity contribution in [1.82, 2.24) is 14.3 Å². The van der Waals surface area contributed by atoms with Crippen molar-refractivity contribution in [3.8, 4) is 5.75 Å². The predicted octanol–water partition coefficient (Wildman–Crippen LogP) is 1.38. The summed E-state index contributed by atoms with van der Waals surface area (Å²) < 4.78 is 15.3. The number of para-hydroxylation sites is 1. The van der Waals surface area contributed by atoms with Crippen LogP contribution in [0.25, 0.3) is 6.08 Å². The third-order valence-electron chi connectivity index (χ3n) is 6.06. The standard InChI is InChI=1S/C22H22N4O4S/c1-5-25-12(2)13(11-23-25)10-16-19(27)26-18-14-8-6-7-9-15(14)30-22(3,24-21(26)31-16)17(18)20(28)29-4/h6-11,17-18H,5H2,1-4H3/b16-10+/t17-,18+,22-/m1/s1. The molecule has 8 nitrogen and oxygen atoms in total. The molecule has 0 spiro atoms. The molecular formula is C22H22N4O4S. The lowest BCUT2D eigenvalue weighted by molar-refractivity contribution is -0.158. The number of fused-ring (bicyclic) bond motifs is 6. The van der Waals surface area contributed by atoms with Crippen molar-refractivity contribution in [2.45, 2.75) is 39.1 Å². The summed E-state index contributed by atoms with van der Waals surface area (Å²) >= 11 is 1.29. The van der Waals surface area contributed by atoms with E-state index in [2.05, 4.69) is 5.10 Å². The van der Waals surface area contributed by atoms with Crippen LogP contribution in [-0.4, -0.2) is 33.2 Å². The maximum Gasteiger partial charge on any atom is 0.317 e. The Kier molecular flexibility index (Phi) is 4.40. The molecule has 2 bridgehead atoms. The summed E-state index contributed by atoms with van der Waals surface area (Å²) in [6, 6.07) is 6.90. The Balaban J connectivity index is 1.78. The van der Waals surface area contributed by atoms with Crippen LogP contribution in [0, 0.1) is 12.8 Å². The minimum Gasteiger partial charge on any atom is -0.469 e. The fourth-order valence-electron chi connectivity index (χ4n) is 4.49. The Bertz CT molecular complexity index is 1390. The molecule has 2 aliphatic rings. The van der Waals surface area contributed by atoms with E-state index < -0.39 is 23.7 Å². The highest BCUT2D eigenvalue weighted by atomic mass is 32.1. The summed E-state index contributed by atoms with van der Waals surface area (Å²) in [5.74, 6) is -0.613. The largest absolute Gasteiger partial charge is 0.469 e. The Morgan fingerprint density at radius 2 is 2.16 bits per heavy atom. The Morgan fingerprint density at radius 1 is 1.39 bits per heavy atom. The van der Waals surface area contributed by atoms with Crippen LogP contribution in [0.1, 0.15) is 36.7 Å². The number of carbonyl (C=O) groups is 1. The van der Waals surface area contributed by atoms with Crippen molar-refractivity contribution in [2.24, 2.45) is 10.9 Å². The van der Waals surface area contributed by atoms with Crippen LogP contribution in [0.4, 0.5) is 0 Å². The molecule has 1 aromatic carbocycles. The first kappa shape index (κ1) is 19.7. The van der Waals surface area contributed by atoms with Crippen LogP contribution >= 0.6 is 11.3 Å². The van der Waals surface area contributed by atoms with Gasteiger partial charge >= 0.3 is 5.97 Å². The maximum absolute atomic E-state index is 13.5. The van der Waals surface area contributed by atoms with E-state index in [4.69, 9.17) is 14.5 Å². The van der Waals surface area contributed by atoms with E-state index in [1.807, 2.05) is 48.9 Å². The zero-order valence-corrected chi connectivity index (χ0v) is 18.5. The molecule has 160 valence electrons. The number of ether oxygens (including phenoxy) is 2. The number of methoxy groups -OCH3 is 1. The highest BCUT2D eigenvalue weighted by Crippen LogP contribution is 2.47. The molecule has 2 aliphatic heterocycles. The fourth-order valence-corrected chi connectivity index (χ4v) is 5.58. The summed E-state index contributed by atoms with van der Waals surface area (Å²) in [6.07, 6.45) is 3.60. The van der Waals surface area contributed by atoms with Gasteiger partial charge in [-0.1, -0.05) is 29.5 Å². The van der Waals surface area contributed by atoms with E-state index in [1.54, 1.807) is 17.7 Å². The van der Waals surface area contributed by atoms with Gasteiger partial charge in [-0.15, -0.1) is 0 Å². The first-order valence-corrected chi connectivity index (χ1v) is 10.9. The maximum atomic E-state index is 13.5. The molecule has 0 radical (unpaired) electrons. The van der Waals surface area contributed by atoms with Gasteiger partial charge in [-0.3, -0.25) is 18.8 Å². The Morgan fingerprint density at radius 3 is 2.87 bits per heavy atom. The predicted molar refractivity (Wildman–Crippen MR) is 115 cm³/mol. The molecule has 0 fully saturated rings. The normalized spacial score (nSPS) is 24.1. The molecule has 0 N–H and O–H groups in total. The highest BCUT2D eigenvalue weighted by Gasteiger charge is 2.55. The minimum absolute atomic E-state index is 0.190. The van der Waals surface area contributed by atoms with Gasteiger partial charge in [0.25, 0.3) is 5.56 Å². The summed E-state index contributed by atoms with van der Waals surface area (Å²) in [4.78, 5) is 31.6. The molecule has 0 amide bonds. The van der Waals surface area contributed by atoms with Crippen LogP contribution in [0.5, 0.6) is 5.75 Å². The number of nitrogens with zero attached hydrogens (tertiary/aromatic N) is 4. The van der Waals surface area contributed by atoms with Gasteiger partial charge < -0.3 is 9.47 Å². The van der Waals surface area contributed by atoms with Gasteiger partial charge in [-0.05, 0) is 32.9 Å². The summed E-state index contributed by atoms with van der Waals surface area (Å²) in [6.45, 7) is 6.52. The van der Waals surface area contributed by atoms with Crippen LogP contribution in [0.2, 0.25) is 0 Å². The first-order valence-electron chi connectivity index (χ1n) is 10.1. The molecule has 3 atom stereocenters. The molecule has 3 aromatic rings. The van der Waals surface area contributed by atoms with Crippen molar-refractivity contribution in [1.29, 1.82) is 0 Å². The average Bonchev–Trinajstić information content (AvgIpc) is 3.25. The van der Waals surface area contributed by atoms with E-state index in [1.165, 1.54) is 18.4 Å².